The van der Waals surface area contributed by atoms with Gasteiger partial charge in [-0.1, -0.05) is 0 Å². The van der Waals surface area contributed by atoms with Crippen LogP contribution in [0.25, 0.3) is 5.70 Å². The van der Waals surface area contributed by atoms with E-state index in [1.807, 2.05) is 0 Å². The van der Waals surface area contributed by atoms with Gasteiger partial charge in [-0.3, -0.25) is 0 Å². The summed E-state index contributed by atoms with van der Waals surface area (Å²) in [6, 6.07) is 11.5. The molecule has 0 spiro atoms. The summed E-state index contributed by atoms with van der Waals surface area (Å²) in [5, 5.41) is 3.46. The molecule has 0 radical (unpaired) electrons. The van der Waals surface area contributed by atoms with Gasteiger partial charge in [-0.25, -0.2) is 24.3 Å². The minimum Gasteiger partial charge on any atom is -0.489 e. The van der Waals surface area contributed by atoms with Crippen molar-refractivity contribution in [3.05, 3.63) is 83.7 Å². The van der Waals surface area contributed by atoms with Gasteiger partial charge >= 0.3 is 0 Å². The molecule has 1 aromatic heterocycles. The number of nitrogens with two attached hydrogens (primary N) is 2. The van der Waals surface area contributed by atoms with E-state index in [0.717, 1.165) is 24.0 Å². The summed E-state index contributed by atoms with van der Waals surface area (Å²) in [6.45, 7) is 1.85. The first-order valence-electron chi connectivity index (χ1n) is 12.2. The van der Waals surface area contributed by atoms with Crippen molar-refractivity contribution in [3.63, 3.8) is 0 Å². The highest BCUT2D eigenvalue weighted by Crippen LogP contribution is 2.29. The molecule has 10 nitrogen and oxygen atoms in total. The van der Waals surface area contributed by atoms with Crippen LogP contribution < -0.4 is 26.3 Å². The molecule has 1 fully saturated rings. The number of hydrogen-bond acceptors (Lipinski definition) is 10. The van der Waals surface area contributed by atoms with Crippen molar-refractivity contribution in [3.8, 4) is 17.2 Å². The molecule has 1 saturated heterocycles. The first-order chi connectivity index (χ1) is 18.5. The molecule has 196 valence electrons. The first kappa shape index (κ1) is 25.2. The molecular formula is C27H28FN7O3. The molecule has 0 amide bonds. The fourth-order valence-corrected chi connectivity index (χ4v) is 4.11. The summed E-state index contributed by atoms with van der Waals surface area (Å²) < 4.78 is 31.2. The Labute approximate surface area is 219 Å². The monoisotopic (exact) mass is 517 g/mol. The number of halogens is 1. The summed E-state index contributed by atoms with van der Waals surface area (Å²) in [7, 11) is 0. The highest BCUT2D eigenvalue weighted by molar-refractivity contribution is 6.27. The van der Waals surface area contributed by atoms with E-state index in [2.05, 4.69) is 25.3 Å². The smallest absolute Gasteiger partial charge is 0.136 e. The summed E-state index contributed by atoms with van der Waals surface area (Å²) in [5.41, 5.74) is 15.3. The van der Waals surface area contributed by atoms with Gasteiger partial charge in [0.1, 0.15) is 54.3 Å². The van der Waals surface area contributed by atoms with Crippen molar-refractivity contribution >= 4 is 17.4 Å². The van der Waals surface area contributed by atoms with Gasteiger partial charge in [0.25, 0.3) is 0 Å². The average molecular weight is 518 g/mol. The maximum Gasteiger partial charge on any atom is 0.136 e. The zero-order valence-electron chi connectivity index (χ0n) is 20.6. The number of amidine groups is 2. The molecule has 3 heterocycles. The molecule has 38 heavy (non-hydrogen) atoms. The molecule has 0 bridgehead atoms. The Balaban J connectivity index is 1.29. The summed E-state index contributed by atoms with van der Waals surface area (Å²) in [5.74, 6) is 1.60. The molecule has 0 saturated carbocycles. The maximum atomic E-state index is 14.2. The second kappa shape index (κ2) is 11.7. The number of benzene rings is 2. The number of aromatic nitrogens is 2. The van der Waals surface area contributed by atoms with Crippen LogP contribution in [0.4, 0.5) is 4.39 Å². The van der Waals surface area contributed by atoms with Crippen LogP contribution in [0.5, 0.6) is 17.2 Å². The molecule has 5 rings (SSSR count). The van der Waals surface area contributed by atoms with E-state index in [0.29, 0.717) is 53.4 Å². The Morgan fingerprint density at radius 3 is 2.50 bits per heavy atom. The third-order valence-corrected chi connectivity index (χ3v) is 6.06. The Morgan fingerprint density at radius 1 is 1.00 bits per heavy atom. The average Bonchev–Trinajstić information content (AvgIpc) is 2.93. The standard InChI is InChI=1S/C27H28FN7O3/c28-19-9-22(37-14-17-12-31-15-32-13-17)11-23(10-19)38-21-3-1-18(2-4-21)25(29)24-26(30)33-16-34-27(24)35-20-5-7-36-8-6-20/h1-4,9-13,15,20H,5-8,14,16,29H2,(H2,30,33)(H,34,35)/b25-24-. The number of nitrogens with one attached hydrogen (secondary N) is 1. The van der Waals surface area contributed by atoms with Gasteiger partial charge in [0.05, 0.1) is 11.3 Å². The van der Waals surface area contributed by atoms with Gasteiger partial charge < -0.3 is 31.0 Å². The molecule has 3 aromatic rings. The van der Waals surface area contributed by atoms with Crippen LogP contribution in [-0.4, -0.2) is 47.6 Å². The molecule has 5 N–H and O–H groups in total. The van der Waals surface area contributed by atoms with Gasteiger partial charge in [-0.05, 0) is 42.7 Å². The normalized spacial score (nSPS) is 17.3. The lowest BCUT2D eigenvalue weighted by atomic mass is 10.0. The fraction of sp³-hybridized carbons (Fsp3) is 0.259. The van der Waals surface area contributed by atoms with Crippen molar-refractivity contribution in [2.45, 2.75) is 25.5 Å². The van der Waals surface area contributed by atoms with Crippen LogP contribution in [0.15, 0.2) is 76.7 Å². The predicted octanol–water partition coefficient (Wildman–Crippen LogP) is 3.15. The van der Waals surface area contributed by atoms with Crippen LogP contribution >= 0.6 is 0 Å². The lowest BCUT2D eigenvalue weighted by Gasteiger charge is -2.27. The highest BCUT2D eigenvalue weighted by atomic mass is 19.1. The lowest BCUT2D eigenvalue weighted by molar-refractivity contribution is 0.0825. The van der Waals surface area contributed by atoms with Crippen molar-refractivity contribution in [2.75, 3.05) is 19.9 Å². The Kier molecular flexibility index (Phi) is 7.74. The SMILES string of the molecule is NC1=NCN=C(NC2CCOCC2)/C1=C(\N)c1ccc(Oc2cc(F)cc(OCc3cncnc3)c2)cc1. The molecule has 2 aromatic carbocycles. The predicted molar refractivity (Wildman–Crippen MR) is 141 cm³/mol. The van der Waals surface area contributed by atoms with Gasteiger partial charge in [-0.15, -0.1) is 0 Å². The highest BCUT2D eigenvalue weighted by Gasteiger charge is 2.23. The maximum absolute atomic E-state index is 14.2. The van der Waals surface area contributed by atoms with E-state index in [-0.39, 0.29) is 19.3 Å². The van der Waals surface area contributed by atoms with Gasteiger partial charge in [0, 0.05) is 55.4 Å². The Hall–Kier alpha value is -4.51. The van der Waals surface area contributed by atoms with E-state index in [1.165, 1.54) is 18.5 Å². The van der Waals surface area contributed by atoms with Crippen LogP contribution in [-0.2, 0) is 11.3 Å². The zero-order chi connectivity index (χ0) is 26.3. The summed E-state index contributed by atoms with van der Waals surface area (Å²) in [6.07, 6.45) is 6.46. The number of nitrogens with zero attached hydrogens (tertiary/aromatic N) is 4. The zero-order valence-corrected chi connectivity index (χ0v) is 20.6. The second-order valence-corrected chi connectivity index (χ2v) is 8.80. The largest absolute Gasteiger partial charge is 0.489 e. The van der Waals surface area contributed by atoms with E-state index in [9.17, 15) is 4.39 Å². The second-order valence-electron chi connectivity index (χ2n) is 8.80. The van der Waals surface area contributed by atoms with Gasteiger partial charge in [0.15, 0.2) is 0 Å². The molecular weight excluding hydrogens is 489 g/mol. The first-order valence-corrected chi connectivity index (χ1v) is 12.2. The number of rotatable bonds is 7. The van der Waals surface area contributed by atoms with Crippen LogP contribution in [0.2, 0.25) is 0 Å². The van der Waals surface area contributed by atoms with Gasteiger partial charge in [-0.2, -0.15) is 0 Å². The van der Waals surface area contributed by atoms with Crippen molar-refractivity contribution in [1.29, 1.82) is 0 Å². The number of hydrogen-bond donors (Lipinski definition) is 3. The van der Waals surface area contributed by atoms with Crippen molar-refractivity contribution in [1.82, 2.24) is 15.3 Å². The van der Waals surface area contributed by atoms with Crippen molar-refractivity contribution < 1.29 is 18.6 Å². The van der Waals surface area contributed by atoms with Crippen molar-refractivity contribution in [2.24, 2.45) is 21.5 Å². The topological polar surface area (TPSA) is 142 Å². The number of ether oxygens (including phenoxy) is 3. The van der Waals surface area contributed by atoms with E-state index >= 15 is 0 Å². The van der Waals surface area contributed by atoms with E-state index < -0.39 is 5.82 Å². The van der Waals surface area contributed by atoms with E-state index in [1.54, 1.807) is 42.7 Å². The molecule has 11 heteroatoms. The number of aliphatic imine (C=N–C) groups is 2. The summed E-state index contributed by atoms with van der Waals surface area (Å²) in [4.78, 5) is 16.6. The minimum atomic E-state index is -0.483. The Bertz CT molecular complexity index is 1350. The third kappa shape index (κ3) is 6.24. The lowest BCUT2D eigenvalue weighted by Crippen LogP contribution is -2.44. The third-order valence-electron chi connectivity index (χ3n) is 6.06. The quantitative estimate of drug-likeness (QED) is 0.434. The summed E-state index contributed by atoms with van der Waals surface area (Å²) >= 11 is 0. The minimum absolute atomic E-state index is 0.202. The van der Waals surface area contributed by atoms with Gasteiger partial charge in [0.2, 0.25) is 0 Å². The fourth-order valence-electron chi connectivity index (χ4n) is 4.11. The van der Waals surface area contributed by atoms with Crippen LogP contribution in [0.3, 0.4) is 0 Å². The molecule has 0 aliphatic carbocycles. The molecule has 0 unspecified atom stereocenters. The van der Waals surface area contributed by atoms with Crippen LogP contribution in [0.1, 0.15) is 24.0 Å². The van der Waals surface area contributed by atoms with Crippen LogP contribution in [0, 0.1) is 5.82 Å². The molecule has 2 aliphatic heterocycles. The molecule has 0 atom stereocenters. The Morgan fingerprint density at radius 2 is 1.74 bits per heavy atom. The molecule has 2 aliphatic rings. The van der Waals surface area contributed by atoms with E-state index in [4.69, 9.17) is 25.7 Å².